The number of nitro groups is 1. The van der Waals surface area contributed by atoms with Crippen molar-refractivity contribution >= 4 is 23.0 Å². The molecule has 0 aliphatic rings. The van der Waals surface area contributed by atoms with Crippen molar-refractivity contribution in [3.63, 3.8) is 0 Å². The number of nitrogens with zero attached hydrogens (tertiary/aromatic N) is 2. The fraction of sp³-hybridized carbons (Fsp3) is 0.214. The number of anilines is 2. The van der Waals surface area contributed by atoms with E-state index in [0.29, 0.717) is 5.69 Å². The summed E-state index contributed by atoms with van der Waals surface area (Å²) in [7, 11) is 1.65. The zero-order valence-corrected chi connectivity index (χ0v) is 11.9. The van der Waals surface area contributed by atoms with E-state index in [1.54, 1.807) is 43.7 Å². The minimum atomic E-state index is -1.09. The van der Waals surface area contributed by atoms with E-state index in [0.717, 1.165) is 11.3 Å². The van der Waals surface area contributed by atoms with E-state index in [-0.39, 0.29) is 17.1 Å². The minimum Gasteiger partial charge on any atom is -0.477 e. The highest BCUT2D eigenvalue weighted by Crippen LogP contribution is 2.33. The molecule has 110 valence electrons. The summed E-state index contributed by atoms with van der Waals surface area (Å²) < 4.78 is 1.55. The standard InChI is InChI=1S/C14H15N3O4/c1-8-9(2)16(3)13(14(18)19)12(8)15-10-6-4-5-7-11(10)17(20)21/h4-7,15H,1-3H3,(H,18,19). The number of hydrogen-bond acceptors (Lipinski definition) is 4. The quantitative estimate of drug-likeness (QED) is 0.666. The molecule has 0 amide bonds. The van der Waals surface area contributed by atoms with E-state index < -0.39 is 10.9 Å². The van der Waals surface area contributed by atoms with Gasteiger partial charge in [0.25, 0.3) is 5.69 Å². The SMILES string of the molecule is Cc1c(Nc2ccccc2[N+](=O)[O-])c(C(=O)O)n(C)c1C. The Labute approximate surface area is 121 Å². The molecule has 0 atom stereocenters. The van der Waals surface area contributed by atoms with Gasteiger partial charge in [-0.3, -0.25) is 10.1 Å². The largest absolute Gasteiger partial charge is 0.477 e. The van der Waals surface area contributed by atoms with Crippen molar-refractivity contribution in [2.45, 2.75) is 13.8 Å². The Morgan fingerprint density at radius 1 is 1.33 bits per heavy atom. The van der Waals surface area contributed by atoms with Crippen LogP contribution in [0.4, 0.5) is 17.1 Å². The number of aromatic carboxylic acids is 1. The van der Waals surface area contributed by atoms with Crippen molar-refractivity contribution < 1.29 is 14.8 Å². The second kappa shape index (κ2) is 5.28. The number of carbonyl (C=O) groups is 1. The van der Waals surface area contributed by atoms with Gasteiger partial charge in [0.15, 0.2) is 5.69 Å². The lowest BCUT2D eigenvalue weighted by Crippen LogP contribution is -2.08. The molecular formula is C14H15N3O4. The molecule has 0 radical (unpaired) electrons. The van der Waals surface area contributed by atoms with Gasteiger partial charge in [-0.25, -0.2) is 4.79 Å². The summed E-state index contributed by atoms with van der Waals surface area (Å²) in [5, 5.41) is 23.3. The molecule has 0 spiro atoms. The lowest BCUT2D eigenvalue weighted by Gasteiger charge is -2.08. The van der Waals surface area contributed by atoms with Crippen LogP contribution in [0.1, 0.15) is 21.7 Å². The molecule has 0 unspecified atom stereocenters. The van der Waals surface area contributed by atoms with Crippen molar-refractivity contribution in [3.8, 4) is 0 Å². The second-order valence-electron chi connectivity index (χ2n) is 4.70. The van der Waals surface area contributed by atoms with Crippen molar-refractivity contribution in [1.82, 2.24) is 4.57 Å². The average Bonchev–Trinajstić information content (AvgIpc) is 2.64. The van der Waals surface area contributed by atoms with Gasteiger partial charge in [-0.1, -0.05) is 12.1 Å². The normalized spacial score (nSPS) is 10.4. The number of carboxylic acid groups (broad SMARTS) is 1. The molecule has 1 aromatic carbocycles. The maximum atomic E-state index is 11.4. The molecule has 0 fully saturated rings. The second-order valence-corrected chi connectivity index (χ2v) is 4.70. The van der Waals surface area contributed by atoms with Gasteiger partial charge in [-0.15, -0.1) is 0 Å². The monoisotopic (exact) mass is 289 g/mol. The molecule has 0 saturated carbocycles. The van der Waals surface area contributed by atoms with Crippen LogP contribution < -0.4 is 5.32 Å². The van der Waals surface area contributed by atoms with Crippen LogP contribution in [0.2, 0.25) is 0 Å². The van der Waals surface area contributed by atoms with Gasteiger partial charge in [-0.2, -0.15) is 0 Å². The van der Waals surface area contributed by atoms with Gasteiger partial charge in [0.1, 0.15) is 5.69 Å². The summed E-state index contributed by atoms with van der Waals surface area (Å²) in [6.07, 6.45) is 0. The van der Waals surface area contributed by atoms with Gasteiger partial charge in [0.2, 0.25) is 0 Å². The summed E-state index contributed by atoms with van der Waals surface area (Å²) in [6, 6.07) is 6.13. The van der Waals surface area contributed by atoms with E-state index in [1.807, 2.05) is 0 Å². The number of rotatable bonds is 4. The van der Waals surface area contributed by atoms with Crippen molar-refractivity contribution in [1.29, 1.82) is 0 Å². The molecule has 2 rings (SSSR count). The molecule has 0 bridgehead atoms. The van der Waals surface area contributed by atoms with Gasteiger partial charge in [-0.05, 0) is 25.5 Å². The van der Waals surface area contributed by atoms with Crippen molar-refractivity contribution in [2.75, 3.05) is 5.32 Å². The molecule has 1 heterocycles. The topological polar surface area (TPSA) is 97.4 Å². The van der Waals surface area contributed by atoms with E-state index in [1.165, 1.54) is 6.07 Å². The first-order chi connectivity index (χ1) is 9.84. The highest BCUT2D eigenvalue weighted by molar-refractivity contribution is 5.95. The fourth-order valence-electron chi connectivity index (χ4n) is 2.22. The Balaban J connectivity index is 2.58. The Hall–Kier alpha value is -2.83. The van der Waals surface area contributed by atoms with Crippen LogP contribution in [0.5, 0.6) is 0 Å². The molecule has 1 aromatic heterocycles. The first-order valence-electron chi connectivity index (χ1n) is 6.24. The molecule has 2 aromatic rings. The number of aromatic nitrogens is 1. The van der Waals surface area contributed by atoms with Crippen LogP contribution >= 0.6 is 0 Å². The Bertz CT molecular complexity index is 734. The van der Waals surface area contributed by atoms with Gasteiger partial charge >= 0.3 is 5.97 Å². The number of carboxylic acids is 1. The van der Waals surface area contributed by atoms with Crippen LogP contribution in [0.3, 0.4) is 0 Å². The molecule has 7 nitrogen and oxygen atoms in total. The number of hydrogen-bond donors (Lipinski definition) is 2. The lowest BCUT2D eigenvalue weighted by molar-refractivity contribution is -0.383. The van der Waals surface area contributed by atoms with Gasteiger partial charge in [0.05, 0.1) is 10.6 Å². The third-order valence-electron chi connectivity index (χ3n) is 3.56. The number of para-hydroxylation sites is 2. The highest BCUT2D eigenvalue weighted by atomic mass is 16.6. The fourth-order valence-corrected chi connectivity index (χ4v) is 2.22. The van der Waals surface area contributed by atoms with Crippen LogP contribution in [0.25, 0.3) is 0 Å². The van der Waals surface area contributed by atoms with Crippen molar-refractivity contribution in [2.24, 2.45) is 7.05 Å². The predicted molar refractivity (Wildman–Crippen MR) is 78.2 cm³/mol. The maximum Gasteiger partial charge on any atom is 0.354 e. The third-order valence-corrected chi connectivity index (χ3v) is 3.56. The molecule has 0 aliphatic carbocycles. The molecule has 7 heteroatoms. The first kappa shape index (κ1) is 14.6. The van der Waals surface area contributed by atoms with Crippen LogP contribution in [0, 0.1) is 24.0 Å². The van der Waals surface area contributed by atoms with Gasteiger partial charge in [0, 0.05) is 18.8 Å². The average molecular weight is 289 g/mol. The summed E-state index contributed by atoms with van der Waals surface area (Å²) in [5.74, 6) is -1.09. The molecular weight excluding hydrogens is 274 g/mol. The number of nitrogens with one attached hydrogen (secondary N) is 1. The van der Waals surface area contributed by atoms with Crippen LogP contribution in [0.15, 0.2) is 24.3 Å². The Kier molecular flexibility index (Phi) is 3.66. The number of benzene rings is 1. The van der Waals surface area contributed by atoms with Gasteiger partial charge < -0.3 is 15.0 Å². The van der Waals surface area contributed by atoms with E-state index in [9.17, 15) is 20.0 Å². The first-order valence-corrected chi connectivity index (χ1v) is 6.24. The summed E-state index contributed by atoms with van der Waals surface area (Å²) in [4.78, 5) is 21.9. The number of nitro benzene ring substituents is 1. The zero-order chi connectivity index (χ0) is 15.7. The zero-order valence-electron chi connectivity index (χ0n) is 11.9. The maximum absolute atomic E-state index is 11.4. The molecule has 21 heavy (non-hydrogen) atoms. The summed E-state index contributed by atoms with van der Waals surface area (Å²) in [6.45, 7) is 3.57. The Morgan fingerprint density at radius 2 is 1.95 bits per heavy atom. The Morgan fingerprint density at radius 3 is 2.52 bits per heavy atom. The minimum absolute atomic E-state index is 0.0724. The molecule has 0 aliphatic heterocycles. The predicted octanol–water partition coefficient (Wildman–Crippen LogP) is 2.99. The van der Waals surface area contributed by atoms with Crippen LogP contribution in [-0.2, 0) is 7.05 Å². The van der Waals surface area contributed by atoms with Crippen molar-refractivity contribution in [3.05, 3.63) is 51.3 Å². The molecule has 2 N–H and O–H groups in total. The van der Waals surface area contributed by atoms with E-state index in [2.05, 4.69) is 5.32 Å². The van der Waals surface area contributed by atoms with E-state index in [4.69, 9.17) is 0 Å². The van der Waals surface area contributed by atoms with E-state index >= 15 is 0 Å². The summed E-state index contributed by atoms with van der Waals surface area (Å²) in [5.41, 5.74) is 2.13. The van der Waals surface area contributed by atoms with Crippen LogP contribution in [-0.4, -0.2) is 20.6 Å². The third kappa shape index (κ3) is 2.45. The molecule has 0 saturated heterocycles. The summed E-state index contributed by atoms with van der Waals surface area (Å²) >= 11 is 0. The lowest BCUT2D eigenvalue weighted by atomic mass is 10.2. The smallest absolute Gasteiger partial charge is 0.354 e. The highest BCUT2D eigenvalue weighted by Gasteiger charge is 2.23.